The van der Waals surface area contributed by atoms with Gasteiger partial charge in [-0.25, -0.2) is 4.79 Å². The molecule has 0 saturated carbocycles. The van der Waals surface area contributed by atoms with Crippen LogP contribution in [0.5, 0.6) is 0 Å². The summed E-state index contributed by atoms with van der Waals surface area (Å²) in [5.74, 6) is 4.61. The van der Waals surface area contributed by atoms with E-state index in [4.69, 9.17) is 0 Å². The summed E-state index contributed by atoms with van der Waals surface area (Å²) in [5.41, 5.74) is 0.855. The minimum Gasteiger partial charge on any atom is -0.456 e. The monoisotopic (exact) mass is 180 g/mol. The van der Waals surface area contributed by atoms with Crippen LogP contribution in [0.2, 0.25) is 0 Å². The molecule has 0 N–H and O–H groups in total. The minimum atomic E-state index is -0.469. The fourth-order valence-electron chi connectivity index (χ4n) is 0.626. The van der Waals surface area contributed by atoms with Crippen LogP contribution in [0.3, 0.4) is 0 Å². The van der Waals surface area contributed by atoms with Crippen molar-refractivity contribution in [1.82, 2.24) is 0 Å². The lowest BCUT2D eigenvalue weighted by Crippen LogP contribution is -1.99. The molecule has 0 spiro atoms. The number of carbonyl (C=O) groups excluding carboxylic acids is 1. The Labute approximate surface area is 75.2 Å². The van der Waals surface area contributed by atoms with Crippen molar-refractivity contribution < 1.29 is 9.53 Å². The topological polar surface area (TPSA) is 26.3 Å². The summed E-state index contributed by atoms with van der Waals surface area (Å²) in [6, 6.07) is 1.86. The van der Waals surface area contributed by atoms with Crippen LogP contribution >= 0.6 is 11.3 Å². The number of hydrogen-bond donors (Lipinski definition) is 0. The van der Waals surface area contributed by atoms with Crippen molar-refractivity contribution in [3.63, 3.8) is 0 Å². The molecule has 0 aliphatic heterocycles. The van der Waals surface area contributed by atoms with E-state index in [0.29, 0.717) is 6.61 Å². The van der Waals surface area contributed by atoms with Crippen molar-refractivity contribution >= 4 is 17.3 Å². The molecule has 0 aromatic carbocycles. The molecular weight excluding hydrogens is 172 g/mol. The van der Waals surface area contributed by atoms with E-state index >= 15 is 0 Å². The largest absolute Gasteiger partial charge is 0.456 e. The van der Waals surface area contributed by atoms with Crippen LogP contribution < -0.4 is 0 Å². The van der Waals surface area contributed by atoms with Crippen LogP contribution in [0, 0.1) is 11.8 Å². The van der Waals surface area contributed by atoms with Crippen molar-refractivity contribution in [2.45, 2.75) is 6.92 Å². The lowest BCUT2D eigenvalue weighted by molar-refractivity contribution is -0.136. The number of rotatable bonds is 1. The summed E-state index contributed by atoms with van der Waals surface area (Å²) in [6.07, 6.45) is 0. The highest BCUT2D eigenvalue weighted by molar-refractivity contribution is 7.08. The van der Waals surface area contributed by atoms with E-state index in [-0.39, 0.29) is 0 Å². The van der Waals surface area contributed by atoms with Crippen molar-refractivity contribution in [3.8, 4) is 11.8 Å². The third-order valence-electron chi connectivity index (χ3n) is 1.11. The molecule has 1 heterocycles. The number of ether oxygens (including phenoxy) is 1. The summed E-state index contributed by atoms with van der Waals surface area (Å²) in [5, 5.41) is 3.79. The Kier molecular flexibility index (Phi) is 3.36. The Balaban J connectivity index is 2.54. The molecule has 0 saturated heterocycles. The highest BCUT2D eigenvalue weighted by Crippen LogP contribution is 2.02. The zero-order chi connectivity index (χ0) is 8.81. The number of hydrogen-bond acceptors (Lipinski definition) is 3. The first-order valence-electron chi connectivity index (χ1n) is 3.54. The molecule has 0 amide bonds. The molecular formula is C9H8O2S. The third-order valence-corrected chi connectivity index (χ3v) is 1.79. The first kappa shape index (κ1) is 8.82. The molecule has 0 aliphatic carbocycles. The Morgan fingerprint density at radius 1 is 1.75 bits per heavy atom. The number of thiophene rings is 1. The average molecular weight is 180 g/mol. The van der Waals surface area contributed by atoms with E-state index in [0.717, 1.165) is 5.56 Å². The average Bonchev–Trinajstić information content (AvgIpc) is 2.53. The van der Waals surface area contributed by atoms with Crippen LogP contribution in [0.15, 0.2) is 16.8 Å². The second-order valence-corrected chi connectivity index (χ2v) is 2.76. The van der Waals surface area contributed by atoms with Crippen molar-refractivity contribution in [3.05, 3.63) is 22.4 Å². The highest BCUT2D eigenvalue weighted by atomic mass is 32.1. The van der Waals surface area contributed by atoms with Crippen LogP contribution in [0.25, 0.3) is 0 Å². The number of esters is 1. The smallest absolute Gasteiger partial charge is 0.384 e. The Morgan fingerprint density at radius 2 is 2.58 bits per heavy atom. The Hall–Kier alpha value is -1.27. The summed E-state index contributed by atoms with van der Waals surface area (Å²) in [6.45, 7) is 2.13. The molecule has 12 heavy (non-hydrogen) atoms. The second kappa shape index (κ2) is 4.58. The standard InChI is InChI=1S/C9H8O2S/c1-2-11-9(10)4-3-8-5-6-12-7-8/h5-7H,2H2,1H3. The zero-order valence-electron chi connectivity index (χ0n) is 6.66. The van der Waals surface area contributed by atoms with E-state index in [9.17, 15) is 4.79 Å². The maximum Gasteiger partial charge on any atom is 0.384 e. The van der Waals surface area contributed by atoms with Gasteiger partial charge in [0.1, 0.15) is 0 Å². The fourth-order valence-corrected chi connectivity index (χ4v) is 1.21. The van der Waals surface area contributed by atoms with Crippen LogP contribution in [-0.2, 0) is 9.53 Å². The normalized spacial score (nSPS) is 8.42. The fraction of sp³-hybridized carbons (Fsp3) is 0.222. The van der Waals surface area contributed by atoms with Crippen molar-refractivity contribution in [1.29, 1.82) is 0 Å². The van der Waals surface area contributed by atoms with Crippen molar-refractivity contribution in [2.24, 2.45) is 0 Å². The molecule has 3 heteroatoms. The summed E-state index contributed by atoms with van der Waals surface area (Å²) in [7, 11) is 0. The quantitative estimate of drug-likeness (QED) is 0.485. The summed E-state index contributed by atoms with van der Waals surface area (Å²) in [4.78, 5) is 10.7. The lowest BCUT2D eigenvalue weighted by atomic mass is 10.3. The SMILES string of the molecule is CCOC(=O)C#Cc1ccsc1. The lowest BCUT2D eigenvalue weighted by Gasteiger charge is -1.89. The van der Waals surface area contributed by atoms with Gasteiger partial charge in [0.25, 0.3) is 0 Å². The molecule has 0 atom stereocenters. The molecule has 0 aliphatic rings. The van der Waals surface area contributed by atoms with Crippen molar-refractivity contribution in [2.75, 3.05) is 6.61 Å². The first-order chi connectivity index (χ1) is 5.83. The van der Waals surface area contributed by atoms with E-state index in [1.165, 1.54) is 0 Å². The minimum absolute atomic E-state index is 0.372. The summed E-state index contributed by atoms with van der Waals surface area (Å²) < 4.78 is 4.63. The Bertz CT molecular complexity index is 303. The van der Waals surface area contributed by atoms with Gasteiger partial charge in [0, 0.05) is 16.9 Å². The molecule has 1 aromatic rings. The molecule has 0 bridgehead atoms. The molecule has 0 fully saturated rings. The van der Waals surface area contributed by atoms with E-state index < -0.39 is 5.97 Å². The van der Waals surface area contributed by atoms with E-state index in [2.05, 4.69) is 16.6 Å². The predicted molar refractivity (Wildman–Crippen MR) is 47.8 cm³/mol. The van der Waals surface area contributed by atoms with Gasteiger partial charge in [0.05, 0.1) is 6.61 Å². The van der Waals surface area contributed by atoms with Crippen LogP contribution in [0.4, 0.5) is 0 Å². The van der Waals surface area contributed by atoms with E-state index in [1.54, 1.807) is 18.3 Å². The van der Waals surface area contributed by atoms with Gasteiger partial charge in [-0.05, 0) is 18.4 Å². The van der Waals surface area contributed by atoms with Gasteiger partial charge >= 0.3 is 5.97 Å². The number of carbonyl (C=O) groups is 1. The maximum absolute atomic E-state index is 10.7. The summed E-state index contributed by atoms with van der Waals surface area (Å²) >= 11 is 1.55. The van der Waals surface area contributed by atoms with Gasteiger partial charge in [-0.1, -0.05) is 5.92 Å². The highest BCUT2D eigenvalue weighted by Gasteiger charge is 1.92. The molecule has 0 unspecified atom stereocenters. The molecule has 0 radical (unpaired) electrons. The van der Waals surface area contributed by atoms with Gasteiger partial charge in [-0.2, -0.15) is 11.3 Å². The van der Waals surface area contributed by atoms with Gasteiger partial charge in [-0.15, -0.1) is 0 Å². The Morgan fingerprint density at radius 3 is 3.17 bits per heavy atom. The second-order valence-electron chi connectivity index (χ2n) is 1.98. The van der Waals surface area contributed by atoms with Crippen LogP contribution in [0.1, 0.15) is 12.5 Å². The van der Waals surface area contributed by atoms with Gasteiger partial charge in [0.2, 0.25) is 0 Å². The molecule has 1 rings (SSSR count). The van der Waals surface area contributed by atoms with Crippen LogP contribution in [-0.4, -0.2) is 12.6 Å². The van der Waals surface area contributed by atoms with Gasteiger partial charge in [-0.3, -0.25) is 0 Å². The predicted octanol–water partition coefficient (Wildman–Crippen LogP) is 1.66. The first-order valence-corrected chi connectivity index (χ1v) is 4.48. The third kappa shape index (κ3) is 2.77. The van der Waals surface area contributed by atoms with Gasteiger partial charge in [0.15, 0.2) is 0 Å². The molecule has 2 nitrogen and oxygen atoms in total. The van der Waals surface area contributed by atoms with E-state index in [1.807, 2.05) is 16.8 Å². The van der Waals surface area contributed by atoms with Gasteiger partial charge < -0.3 is 4.74 Å². The molecule has 62 valence electrons. The molecule has 1 aromatic heterocycles. The maximum atomic E-state index is 10.7. The zero-order valence-corrected chi connectivity index (χ0v) is 7.48.